The van der Waals surface area contributed by atoms with Crippen molar-refractivity contribution in [3.8, 4) is 5.75 Å². The van der Waals surface area contributed by atoms with Gasteiger partial charge in [-0.3, -0.25) is 4.57 Å². The zero-order valence-corrected chi connectivity index (χ0v) is 8.49. The summed E-state index contributed by atoms with van der Waals surface area (Å²) in [7, 11) is -2.46. The molecule has 0 heterocycles. The molecule has 0 aliphatic heterocycles. The average Bonchev–Trinajstić information content (AvgIpc) is 2.08. The summed E-state index contributed by atoms with van der Waals surface area (Å²) in [5.41, 5.74) is 0.802. The van der Waals surface area contributed by atoms with E-state index >= 15 is 0 Å². The van der Waals surface area contributed by atoms with Gasteiger partial charge in [0.25, 0.3) is 0 Å². The Morgan fingerprint density at radius 2 is 2.15 bits per heavy atom. The lowest BCUT2D eigenvalue weighted by molar-refractivity contribution is 0.337. The third kappa shape index (κ3) is 3.21. The predicted molar refractivity (Wildman–Crippen MR) is 52.5 cm³/mol. The summed E-state index contributed by atoms with van der Waals surface area (Å²) in [6.45, 7) is 2.46. The lowest BCUT2D eigenvalue weighted by Crippen LogP contribution is -1.95. The second kappa shape index (κ2) is 5.05. The van der Waals surface area contributed by atoms with Gasteiger partial charge in [-0.1, -0.05) is 18.2 Å². The molecule has 0 saturated heterocycles. The maximum absolute atomic E-state index is 10.7. The first kappa shape index (κ1) is 10.3. The maximum Gasteiger partial charge on any atom is 0.193 e. The number of para-hydroxylation sites is 1. The van der Waals surface area contributed by atoms with Crippen LogP contribution in [-0.2, 0) is 10.7 Å². The molecule has 1 rings (SSSR count). The first-order valence-electron chi connectivity index (χ1n) is 4.16. The fourth-order valence-electron chi connectivity index (χ4n) is 1.11. The maximum atomic E-state index is 10.7. The van der Waals surface area contributed by atoms with Crippen molar-refractivity contribution in [3.63, 3.8) is 0 Å². The Balaban J connectivity index is 2.84. The smallest absolute Gasteiger partial charge is 0.193 e. The molecule has 1 unspecified atom stereocenters. The highest BCUT2D eigenvalue weighted by Crippen LogP contribution is 2.27. The quantitative estimate of drug-likeness (QED) is 0.756. The van der Waals surface area contributed by atoms with Crippen LogP contribution in [0.15, 0.2) is 24.3 Å². The second-order valence-corrected chi connectivity index (χ2v) is 3.75. The highest BCUT2D eigenvalue weighted by atomic mass is 31.1. The van der Waals surface area contributed by atoms with E-state index in [1.807, 2.05) is 31.2 Å². The van der Waals surface area contributed by atoms with Crippen LogP contribution >= 0.6 is 8.03 Å². The molecule has 0 spiro atoms. The van der Waals surface area contributed by atoms with E-state index in [-0.39, 0.29) is 6.16 Å². The minimum Gasteiger partial charge on any atom is -0.494 e. The molecule has 1 aromatic rings. The Labute approximate surface area is 78.2 Å². The highest BCUT2D eigenvalue weighted by molar-refractivity contribution is 7.37. The summed E-state index contributed by atoms with van der Waals surface area (Å²) in [6, 6.07) is 7.30. The number of rotatable bonds is 4. The van der Waals surface area contributed by atoms with Crippen molar-refractivity contribution in [3.05, 3.63) is 29.8 Å². The average molecular weight is 200 g/mol. The van der Waals surface area contributed by atoms with Crippen LogP contribution < -0.4 is 4.74 Å². The van der Waals surface area contributed by atoms with E-state index in [0.717, 1.165) is 5.56 Å². The van der Waals surface area contributed by atoms with Gasteiger partial charge in [-0.25, -0.2) is 0 Å². The molecule has 0 saturated carbocycles. The summed E-state index contributed by atoms with van der Waals surface area (Å²) >= 11 is 0. The number of hydrogen-bond donors (Lipinski definition) is 1. The first-order chi connectivity index (χ1) is 6.24. The SMILES string of the molecule is CCOc1ccccc1C[PH](=O)O. The minimum atomic E-state index is -2.46. The molecule has 0 amide bonds. The summed E-state index contributed by atoms with van der Waals surface area (Å²) < 4.78 is 16.0. The molecular weight excluding hydrogens is 187 g/mol. The molecule has 3 nitrogen and oxygen atoms in total. The van der Waals surface area contributed by atoms with Gasteiger partial charge in [-0.05, 0) is 13.0 Å². The highest BCUT2D eigenvalue weighted by Gasteiger charge is 2.04. The molecular formula is C9H13O3P. The van der Waals surface area contributed by atoms with Gasteiger partial charge in [0.1, 0.15) is 5.75 Å². The van der Waals surface area contributed by atoms with Crippen LogP contribution in [0.3, 0.4) is 0 Å². The van der Waals surface area contributed by atoms with E-state index in [9.17, 15) is 4.57 Å². The van der Waals surface area contributed by atoms with E-state index in [1.54, 1.807) is 0 Å². The van der Waals surface area contributed by atoms with Gasteiger partial charge in [0.15, 0.2) is 8.03 Å². The van der Waals surface area contributed by atoms with Crippen LogP contribution in [0, 0.1) is 0 Å². The standard InChI is InChI=1S/C9H13O3P/c1-2-12-9-6-4-3-5-8(9)7-13(10)11/h3-6,13H,2,7H2,1H3,(H,10,11). The van der Waals surface area contributed by atoms with Gasteiger partial charge in [-0.15, -0.1) is 0 Å². The van der Waals surface area contributed by atoms with Crippen molar-refractivity contribution in [1.82, 2.24) is 0 Å². The van der Waals surface area contributed by atoms with Crippen LogP contribution in [0.4, 0.5) is 0 Å². The van der Waals surface area contributed by atoms with Crippen molar-refractivity contribution in [2.75, 3.05) is 6.61 Å². The third-order valence-corrected chi connectivity index (χ3v) is 2.30. The zero-order chi connectivity index (χ0) is 9.68. The summed E-state index contributed by atoms with van der Waals surface area (Å²) in [5, 5.41) is 0. The summed E-state index contributed by atoms with van der Waals surface area (Å²) in [5.74, 6) is 0.706. The molecule has 1 N–H and O–H groups in total. The van der Waals surface area contributed by atoms with Crippen molar-refractivity contribution >= 4 is 8.03 Å². The van der Waals surface area contributed by atoms with E-state index in [0.29, 0.717) is 12.4 Å². The second-order valence-electron chi connectivity index (χ2n) is 2.61. The zero-order valence-electron chi connectivity index (χ0n) is 7.49. The monoisotopic (exact) mass is 200 g/mol. The van der Waals surface area contributed by atoms with Gasteiger partial charge >= 0.3 is 0 Å². The fraction of sp³-hybridized carbons (Fsp3) is 0.333. The van der Waals surface area contributed by atoms with Crippen LogP contribution in [0.5, 0.6) is 5.75 Å². The van der Waals surface area contributed by atoms with Crippen LogP contribution in [0.1, 0.15) is 12.5 Å². The lowest BCUT2D eigenvalue weighted by atomic mass is 10.2. The molecule has 0 bridgehead atoms. The number of benzene rings is 1. The third-order valence-electron chi connectivity index (χ3n) is 1.61. The van der Waals surface area contributed by atoms with Gasteiger partial charge in [0.05, 0.1) is 12.8 Å². The number of ether oxygens (including phenoxy) is 1. The normalized spacial score (nSPS) is 12.5. The number of hydrogen-bond acceptors (Lipinski definition) is 2. The molecule has 0 aliphatic carbocycles. The van der Waals surface area contributed by atoms with Crippen LogP contribution in [0.25, 0.3) is 0 Å². The lowest BCUT2D eigenvalue weighted by Gasteiger charge is -2.07. The van der Waals surface area contributed by atoms with Crippen molar-refractivity contribution in [1.29, 1.82) is 0 Å². The predicted octanol–water partition coefficient (Wildman–Crippen LogP) is 2.05. The Hall–Kier alpha value is -0.790. The van der Waals surface area contributed by atoms with E-state index in [4.69, 9.17) is 9.63 Å². The fourth-order valence-corrected chi connectivity index (χ4v) is 1.73. The van der Waals surface area contributed by atoms with E-state index in [1.165, 1.54) is 0 Å². The van der Waals surface area contributed by atoms with Crippen molar-refractivity contribution in [2.45, 2.75) is 13.1 Å². The van der Waals surface area contributed by atoms with Crippen LogP contribution in [0.2, 0.25) is 0 Å². The molecule has 4 heteroatoms. The Morgan fingerprint density at radius 3 is 2.77 bits per heavy atom. The molecule has 1 aromatic carbocycles. The van der Waals surface area contributed by atoms with Gasteiger partial charge in [0.2, 0.25) is 0 Å². The van der Waals surface area contributed by atoms with Gasteiger partial charge in [0, 0.05) is 5.56 Å². The molecule has 72 valence electrons. The molecule has 0 aromatic heterocycles. The Bertz CT molecular complexity index is 299. The topological polar surface area (TPSA) is 46.5 Å². The first-order valence-corrected chi connectivity index (χ1v) is 5.72. The van der Waals surface area contributed by atoms with Crippen molar-refractivity contribution in [2.24, 2.45) is 0 Å². The Morgan fingerprint density at radius 1 is 1.46 bits per heavy atom. The van der Waals surface area contributed by atoms with E-state index in [2.05, 4.69) is 0 Å². The molecule has 0 aliphatic rings. The van der Waals surface area contributed by atoms with Crippen molar-refractivity contribution < 1.29 is 14.2 Å². The molecule has 13 heavy (non-hydrogen) atoms. The van der Waals surface area contributed by atoms with Crippen LogP contribution in [-0.4, -0.2) is 11.5 Å². The van der Waals surface area contributed by atoms with Gasteiger partial charge in [-0.2, -0.15) is 0 Å². The minimum absolute atomic E-state index is 0.195. The van der Waals surface area contributed by atoms with Gasteiger partial charge < -0.3 is 9.63 Å². The largest absolute Gasteiger partial charge is 0.494 e. The summed E-state index contributed by atoms with van der Waals surface area (Å²) in [6.07, 6.45) is 0.195. The van der Waals surface area contributed by atoms with E-state index < -0.39 is 8.03 Å². The molecule has 0 radical (unpaired) electrons. The molecule has 0 fully saturated rings. The Kier molecular flexibility index (Phi) is 4.00. The molecule has 1 atom stereocenters. The summed E-state index contributed by atoms with van der Waals surface area (Å²) in [4.78, 5) is 8.79.